The maximum Gasteiger partial charge on any atom is 0.124 e. The summed E-state index contributed by atoms with van der Waals surface area (Å²) in [7, 11) is 0. The predicted molar refractivity (Wildman–Crippen MR) is 86.0 cm³/mol. The minimum atomic E-state index is 0.420. The molecule has 0 aromatic heterocycles. The molecule has 3 rings (SSSR count). The minimum Gasteiger partial charge on any atom is -0.493 e. The van der Waals surface area contributed by atoms with Gasteiger partial charge in [0.15, 0.2) is 0 Å². The van der Waals surface area contributed by atoms with Gasteiger partial charge in [0.05, 0.1) is 6.61 Å². The number of hydrogen-bond acceptors (Lipinski definition) is 2. The van der Waals surface area contributed by atoms with Gasteiger partial charge in [-0.05, 0) is 41.5 Å². The summed E-state index contributed by atoms with van der Waals surface area (Å²) < 4.78 is 6.88. The molecule has 0 saturated heterocycles. The summed E-state index contributed by atoms with van der Waals surface area (Å²) in [6.45, 7) is 11.4. The molecule has 1 aliphatic carbocycles. The van der Waals surface area contributed by atoms with Gasteiger partial charge in [-0.25, -0.2) is 0 Å². The third-order valence-corrected chi connectivity index (χ3v) is 6.39. The fraction of sp³-hybridized carbons (Fsp3) is 0.647. The summed E-state index contributed by atoms with van der Waals surface area (Å²) in [5.74, 6) is 1.79. The molecule has 20 heavy (non-hydrogen) atoms. The lowest BCUT2D eigenvalue weighted by molar-refractivity contribution is 0.250. The van der Waals surface area contributed by atoms with E-state index < -0.39 is 0 Å². The van der Waals surface area contributed by atoms with Crippen molar-refractivity contribution in [3.8, 4) is 5.75 Å². The van der Waals surface area contributed by atoms with Crippen LogP contribution in [0.5, 0.6) is 5.75 Å². The molecule has 2 nitrogen and oxygen atoms in total. The number of halogens is 1. The fourth-order valence-corrected chi connectivity index (χ4v) is 4.06. The number of fused-ring (bicyclic) bond motifs is 1. The summed E-state index contributed by atoms with van der Waals surface area (Å²) in [5.41, 5.74) is 2.19. The Morgan fingerprint density at radius 1 is 1.25 bits per heavy atom. The van der Waals surface area contributed by atoms with Crippen LogP contribution in [0.1, 0.15) is 45.7 Å². The smallest absolute Gasteiger partial charge is 0.124 e. The molecule has 1 atom stereocenters. The Morgan fingerprint density at radius 2 is 1.95 bits per heavy atom. The Balaban J connectivity index is 1.70. The van der Waals surface area contributed by atoms with Crippen molar-refractivity contribution >= 4 is 15.9 Å². The van der Waals surface area contributed by atoms with Crippen LogP contribution in [0.15, 0.2) is 22.7 Å². The molecule has 1 heterocycles. The molecule has 1 saturated carbocycles. The van der Waals surface area contributed by atoms with Crippen LogP contribution in [0.25, 0.3) is 0 Å². The molecule has 1 fully saturated rings. The van der Waals surface area contributed by atoms with Gasteiger partial charge in [0.2, 0.25) is 0 Å². The molecule has 1 aromatic carbocycles. The summed E-state index contributed by atoms with van der Waals surface area (Å²) in [6.07, 6.45) is 1.05. The summed E-state index contributed by atoms with van der Waals surface area (Å²) in [6, 6.07) is 6.73. The molecule has 3 heteroatoms. The lowest BCUT2D eigenvalue weighted by Gasteiger charge is -2.27. The van der Waals surface area contributed by atoms with Crippen molar-refractivity contribution in [2.24, 2.45) is 16.7 Å². The van der Waals surface area contributed by atoms with Crippen molar-refractivity contribution in [1.29, 1.82) is 0 Å². The Hall–Kier alpha value is -0.540. The van der Waals surface area contributed by atoms with E-state index in [0.717, 1.165) is 35.7 Å². The molecule has 2 aliphatic rings. The highest BCUT2D eigenvalue weighted by Crippen LogP contribution is 2.68. The number of ether oxygens (including phenoxy) is 1. The van der Waals surface area contributed by atoms with Crippen LogP contribution < -0.4 is 10.1 Å². The van der Waals surface area contributed by atoms with Gasteiger partial charge in [0, 0.05) is 22.5 Å². The Bertz CT molecular complexity index is 510. The molecule has 0 spiro atoms. The third kappa shape index (κ3) is 2.19. The normalized spacial score (nSPS) is 26.8. The molecule has 0 amide bonds. The van der Waals surface area contributed by atoms with Gasteiger partial charge in [0.1, 0.15) is 5.75 Å². The predicted octanol–water partition coefficient (Wildman–Crippen LogP) is 4.54. The van der Waals surface area contributed by atoms with Crippen LogP contribution in [0.3, 0.4) is 0 Å². The van der Waals surface area contributed by atoms with Crippen molar-refractivity contribution in [2.45, 2.75) is 40.2 Å². The maximum atomic E-state index is 5.75. The quantitative estimate of drug-likeness (QED) is 0.873. The van der Waals surface area contributed by atoms with E-state index in [-0.39, 0.29) is 0 Å². The van der Waals surface area contributed by atoms with Crippen LogP contribution in [-0.2, 0) is 0 Å². The van der Waals surface area contributed by atoms with Crippen LogP contribution in [0.4, 0.5) is 0 Å². The van der Waals surface area contributed by atoms with Crippen molar-refractivity contribution < 1.29 is 4.74 Å². The second kappa shape index (κ2) is 4.74. The topological polar surface area (TPSA) is 21.3 Å². The van der Waals surface area contributed by atoms with E-state index in [1.54, 1.807) is 0 Å². The van der Waals surface area contributed by atoms with Crippen LogP contribution in [-0.4, -0.2) is 13.2 Å². The van der Waals surface area contributed by atoms with Gasteiger partial charge >= 0.3 is 0 Å². The Labute approximate surface area is 130 Å². The summed E-state index contributed by atoms with van der Waals surface area (Å²) >= 11 is 3.56. The van der Waals surface area contributed by atoms with E-state index >= 15 is 0 Å². The average Bonchev–Trinajstić information content (AvgIpc) is 2.77. The van der Waals surface area contributed by atoms with Gasteiger partial charge in [0.25, 0.3) is 0 Å². The highest BCUT2D eigenvalue weighted by molar-refractivity contribution is 9.10. The molecule has 110 valence electrons. The number of benzene rings is 1. The summed E-state index contributed by atoms with van der Waals surface area (Å²) in [4.78, 5) is 0. The number of nitrogens with one attached hydrogen (secondary N) is 1. The lowest BCUT2D eigenvalue weighted by atomic mass is 10.00. The second-order valence-corrected chi connectivity index (χ2v) is 8.19. The van der Waals surface area contributed by atoms with Crippen LogP contribution >= 0.6 is 15.9 Å². The molecule has 1 N–H and O–H groups in total. The number of rotatable bonds is 3. The van der Waals surface area contributed by atoms with Gasteiger partial charge in [-0.2, -0.15) is 0 Å². The Kier molecular flexibility index (Phi) is 3.41. The standard InChI is InChI=1S/C17H24BrNO/c1-16(2)15(17(16,3)4)10-19-13-7-8-20-14-6-5-11(18)9-12(13)14/h5-6,9,13,15,19H,7-8,10H2,1-4H3. The largest absolute Gasteiger partial charge is 0.493 e. The highest BCUT2D eigenvalue weighted by Gasteiger charge is 2.63. The molecule has 0 radical (unpaired) electrons. The molecular weight excluding hydrogens is 314 g/mol. The maximum absolute atomic E-state index is 5.75. The van der Waals surface area contributed by atoms with E-state index in [9.17, 15) is 0 Å². The average molecular weight is 338 g/mol. The Morgan fingerprint density at radius 3 is 2.60 bits per heavy atom. The fourth-order valence-electron chi connectivity index (χ4n) is 3.68. The molecule has 1 aromatic rings. The van der Waals surface area contributed by atoms with Crippen molar-refractivity contribution in [1.82, 2.24) is 5.32 Å². The first kappa shape index (κ1) is 14.4. The first-order valence-corrected chi connectivity index (χ1v) is 8.29. The first-order valence-electron chi connectivity index (χ1n) is 7.49. The molecule has 1 aliphatic heterocycles. The van der Waals surface area contributed by atoms with E-state index in [1.165, 1.54) is 5.56 Å². The third-order valence-electron chi connectivity index (χ3n) is 5.90. The van der Waals surface area contributed by atoms with E-state index in [4.69, 9.17) is 4.74 Å². The van der Waals surface area contributed by atoms with Gasteiger partial charge < -0.3 is 10.1 Å². The van der Waals surface area contributed by atoms with Gasteiger partial charge in [-0.1, -0.05) is 43.6 Å². The lowest BCUT2D eigenvalue weighted by Crippen LogP contribution is -2.29. The number of hydrogen-bond donors (Lipinski definition) is 1. The van der Waals surface area contributed by atoms with Gasteiger partial charge in [-0.15, -0.1) is 0 Å². The van der Waals surface area contributed by atoms with Crippen LogP contribution in [0.2, 0.25) is 0 Å². The van der Waals surface area contributed by atoms with E-state index in [1.807, 2.05) is 6.07 Å². The molecular formula is C17H24BrNO. The first-order chi connectivity index (χ1) is 9.34. The monoisotopic (exact) mass is 337 g/mol. The molecule has 1 unspecified atom stereocenters. The van der Waals surface area contributed by atoms with E-state index in [0.29, 0.717) is 16.9 Å². The van der Waals surface area contributed by atoms with Crippen molar-refractivity contribution in [3.63, 3.8) is 0 Å². The van der Waals surface area contributed by atoms with Gasteiger partial charge in [-0.3, -0.25) is 0 Å². The zero-order valence-corrected chi connectivity index (χ0v) is 14.4. The SMILES string of the molecule is CC1(C)C(CNC2CCOc3ccc(Br)cc32)C1(C)C. The second-order valence-electron chi connectivity index (χ2n) is 7.28. The zero-order chi connectivity index (χ0) is 14.5. The zero-order valence-electron chi connectivity index (χ0n) is 12.8. The van der Waals surface area contributed by atoms with Crippen molar-refractivity contribution in [2.75, 3.05) is 13.2 Å². The van der Waals surface area contributed by atoms with Crippen molar-refractivity contribution in [3.05, 3.63) is 28.2 Å². The minimum absolute atomic E-state index is 0.420. The van der Waals surface area contributed by atoms with E-state index in [2.05, 4.69) is 61.1 Å². The summed E-state index contributed by atoms with van der Waals surface area (Å²) in [5, 5.41) is 3.78. The highest BCUT2D eigenvalue weighted by atomic mass is 79.9. The molecule has 0 bridgehead atoms. The van der Waals surface area contributed by atoms with Crippen LogP contribution in [0, 0.1) is 16.7 Å².